The summed E-state index contributed by atoms with van der Waals surface area (Å²) in [5.41, 5.74) is 5.27. The lowest BCUT2D eigenvalue weighted by atomic mass is 9.88. The van der Waals surface area contributed by atoms with Gasteiger partial charge in [-0.2, -0.15) is 0 Å². The normalized spacial score (nSPS) is 18.6. The predicted octanol–water partition coefficient (Wildman–Crippen LogP) is 4.93. The van der Waals surface area contributed by atoms with Crippen LogP contribution in [0.5, 0.6) is 11.5 Å². The minimum Gasteiger partial charge on any atom is -0.507 e. The van der Waals surface area contributed by atoms with Crippen LogP contribution in [0.1, 0.15) is 51.5 Å². The van der Waals surface area contributed by atoms with Crippen LogP contribution in [0.3, 0.4) is 0 Å². The molecule has 1 heterocycles. The van der Waals surface area contributed by atoms with Crippen molar-refractivity contribution in [3.05, 3.63) is 63.7 Å². The van der Waals surface area contributed by atoms with Gasteiger partial charge in [0, 0.05) is 5.56 Å². The highest BCUT2D eigenvalue weighted by Gasteiger charge is 2.28. The molecule has 1 aliphatic heterocycles. The number of aryl methyl sites for hydroxylation is 2. The second-order valence-electron chi connectivity index (χ2n) is 7.14. The number of benzene rings is 2. The van der Waals surface area contributed by atoms with Gasteiger partial charge in [0.1, 0.15) is 17.1 Å². The van der Waals surface area contributed by atoms with E-state index in [-0.39, 0.29) is 11.4 Å². The van der Waals surface area contributed by atoms with Gasteiger partial charge in [0.05, 0.1) is 5.56 Å². The highest BCUT2D eigenvalue weighted by Crippen LogP contribution is 2.35. The predicted molar refractivity (Wildman–Crippen MR) is 101 cm³/mol. The minimum absolute atomic E-state index is 0.0538. The molecule has 0 spiro atoms. The number of hydrogen-bond acceptors (Lipinski definition) is 3. The molecule has 2 aromatic rings. The van der Waals surface area contributed by atoms with Crippen LogP contribution in [0, 0.1) is 20.8 Å². The molecule has 3 nitrogen and oxygen atoms in total. The molecule has 3 rings (SSSR count). The Morgan fingerprint density at radius 2 is 1.96 bits per heavy atom. The van der Waals surface area contributed by atoms with Crippen molar-refractivity contribution in [2.24, 2.45) is 0 Å². The first kappa shape index (κ1) is 17.3. The zero-order chi connectivity index (χ0) is 18.2. The van der Waals surface area contributed by atoms with E-state index in [1.807, 2.05) is 19.9 Å². The lowest BCUT2D eigenvalue weighted by Gasteiger charge is -2.32. The largest absolute Gasteiger partial charge is 0.507 e. The van der Waals surface area contributed by atoms with Gasteiger partial charge in [0.15, 0.2) is 6.29 Å². The van der Waals surface area contributed by atoms with E-state index in [2.05, 4.69) is 38.1 Å². The van der Waals surface area contributed by atoms with Gasteiger partial charge in [-0.05, 0) is 81.5 Å². The summed E-state index contributed by atoms with van der Waals surface area (Å²) in [5.74, 6) is 0.960. The molecule has 1 aliphatic rings. The molecule has 0 saturated heterocycles. The maximum absolute atomic E-state index is 11.2. The maximum Gasteiger partial charge on any atom is 0.154 e. The van der Waals surface area contributed by atoms with Crippen molar-refractivity contribution in [3.63, 3.8) is 0 Å². The third-order valence-corrected chi connectivity index (χ3v) is 5.07. The smallest absolute Gasteiger partial charge is 0.154 e. The molecular formula is C22H24O3. The first-order valence-corrected chi connectivity index (χ1v) is 8.59. The quantitative estimate of drug-likeness (QED) is 0.806. The van der Waals surface area contributed by atoms with E-state index >= 15 is 0 Å². The maximum atomic E-state index is 11.2. The van der Waals surface area contributed by atoms with Crippen LogP contribution in [0.25, 0.3) is 6.08 Å². The second-order valence-corrected chi connectivity index (χ2v) is 7.14. The number of aldehydes is 1. The van der Waals surface area contributed by atoms with Crippen molar-refractivity contribution < 1.29 is 14.6 Å². The third kappa shape index (κ3) is 3.32. The van der Waals surface area contributed by atoms with Gasteiger partial charge in [0.2, 0.25) is 0 Å². The standard InChI is InChI=1S/C22H24O3/c1-14-5-6-21-17(11-14)7-9-22(4,25-21)10-8-18-15(2)12-20(24)19(13-23)16(18)3/h5-7,9,11-13,24H,8,10H2,1-4H3. The lowest BCUT2D eigenvalue weighted by molar-refractivity contribution is 0.112. The fourth-order valence-electron chi connectivity index (χ4n) is 3.50. The van der Waals surface area contributed by atoms with Crippen LogP contribution in [-0.4, -0.2) is 17.0 Å². The van der Waals surface area contributed by atoms with E-state index in [0.29, 0.717) is 5.56 Å². The van der Waals surface area contributed by atoms with E-state index in [4.69, 9.17) is 4.74 Å². The third-order valence-electron chi connectivity index (χ3n) is 5.07. The fraction of sp³-hybridized carbons (Fsp3) is 0.318. The number of phenolic OH excluding ortho intramolecular Hbond substituents is 1. The van der Waals surface area contributed by atoms with Crippen molar-refractivity contribution in [1.29, 1.82) is 0 Å². The molecule has 0 fully saturated rings. The van der Waals surface area contributed by atoms with Gasteiger partial charge in [-0.1, -0.05) is 17.7 Å². The number of carbonyl (C=O) groups excluding carboxylic acids is 1. The molecule has 0 saturated carbocycles. The summed E-state index contributed by atoms with van der Waals surface area (Å²) in [6.45, 7) is 8.01. The molecule has 1 unspecified atom stereocenters. The first-order valence-electron chi connectivity index (χ1n) is 8.59. The molecule has 2 aromatic carbocycles. The van der Waals surface area contributed by atoms with Crippen LogP contribution < -0.4 is 4.74 Å². The Labute approximate surface area is 149 Å². The summed E-state index contributed by atoms with van der Waals surface area (Å²) < 4.78 is 6.25. The SMILES string of the molecule is Cc1ccc2c(c1)C=CC(C)(CCc1c(C)cc(O)c(C=O)c1C)O2. The molecular weight excluding hydrogens is 312 g/mol. The molecule has 0 aliphatic carbocycles. The molecule has 0 radical (unpaired) electrons. The number of ether oxygens (including phenoxy) is 1. The van der Waals surface area contributed by atoms with Crippen molar-refractivity contribution in [2.45, 2.75) is 46.1 Å². The Morgan fingerprint density at radius 3 is 2.68 bits per heavy atom. The van der Waals surface area contributed by atoms with Crippen molar-refractivity contribution in [2.75, 3.05) is 0 Å². The molecule has 25 heavy (non-hydrogen) atoms. The lowest BCUT2D eigenvalue weighted by Crippen LogP contribution is -2.32. The summed E-state index contributed by atoms with van der Waals surface area (Å²) in [5, 5.41) is 9.93. The fourth-order valence-corrected chi connectivity index (χ4v) is 3.50. The summed E-state index contributed by atoms with van der Waals surface area (Å²) in [6.07, 6.45) is 6.53. The van der Waals surface area contributed by atoms with Gasteiger partial charge < -0.3 is 9.84 Å². The van der Waals surface area contributed by atoms with Gasteiger partial charge in [-0.3, -0.25) is 4.79 Å². The van der Waals surface area contributed by atoms with E-state index in [1.54, 1.807) is 6.07 Å². The molecule has 0 aromatic heterocycles. The van der Waals surface area contributed by atoms with E-state index in [9.17, 15) is 9.90 Å². The summed E-state index contributed by atoms with van der Waals surface area (Å²) >= 11 is 0. The Balaban J connectivity index is 1.83. The van der Waals surface area contributed by atoms with Gasteiger partial charge in [-0.25, -0.2) is 0 Å². The molecule has 0 amide bonds. The van der Waals surface area contributed by atoms with Crippen molar-refractivity contribution in [1.82, 2.24) is 0 Å². The van der Waals surface area contributed by atoms with E-state index in [0.717, 1.165) is 47.1 Å². The molecule has 3 heteroatoms. The average molecular weight is 336 g/mol. The molecule has 0 bridgehead atoms. The average Bonchev–Trinajstić information content (AvgIpc) is 2.55. The number of fused-ring (bicyclic) bond motifs is 1. The minimum atomic E-state index is -0.389. The molecule has 1 atom stereocenters. The summed E-state index contributed by atoms with van der Waals surface area (Å²) in [4.78, 5) is 11.2. The van der Waals surface area contributed by atoms with Crippen LogP contribution >= 0.6 is 0 Å². The highest BCUT2D eigenvalue weighted by atomic mass is 16.5. The zero-order valence-electron chi connectivity index (χ0n) is 15.2. The van der Waals surface area contributed by atoms with Crippen LogP contribution in [-0.2, 0) is 6.42 Å². The van der Waals surface area contributed by atoms with Crippen molar-refractivity contribution >= 4 is 12.4 Å². The number of rotatable bonds is 4. The second kappa shape index (κ2) is 6.40. The zero-order valence-corrected chi connectivity index (χ0v) is 15.2. The summed E-state index contributed by atoms with van der Waals surface area (Å²) in [6, 6.07) is 7.87. The molecule has 1 N–H and O–H groups in total. The van der Waals surface area contributed by atoms with Crippen LogP contribution in [0.4, 0.5) is 0 Å². The van der Waals surface area contributed by atoms with Crippen molar-refractivity contribution in [3.8, 4) is 11.5 Å². The number of phenols is 1. The Hall–Kier alpha value is -2.55. The molecule has 130 valence electrons. The number of carbonyl (C=O) groups is 1. The van der Waals surface area contributed by atoms with Crippen LogP contribution in [0.15, 0.2) is 30.3 Å². The Morgan fingerprint density at radius 1 is 1.20 bits per heavy atom. The Bertz CT molecular complexity index is 864. The van der Waals surface area contributed by atoms with Gasteiger partial charge in [-0.15, -0.1) is 0 Å². The van der Waals surface area contributed by atoms with E-state index in [1.165, 1.54) is 5.56 Å². The van der Waals surface area contributed by atoms with E-state index < -0.39 is 0 Å². The van der Waals surface area contributed by atoms with Gasteiger partial charge in [0.25, 0.3) is 0 Å². The first-order chi connectivity index (χ1) is 11.8. The monoisotopic (exact) mass is 336 g/mol. The van der Waals surface area contributed by atoms with Gasteiger partial charge >= 0.3 is 0 Å². The Kier molecular flexibility index (Phi) is 4.42. The topological polar surface area (TPSA) is 46.5 Å². The van der Waals surface area contributed by atoms with Crippen LogP contribution in [0.2, 0.25) is 0 Å². The highest BCUT2D eigenvalue weighted by molar-refractivity contribution is 5.82. The number of hydrogen-bond donors (Lipinski definition) is 1. The summed E-state index contributed by atoms with van der Waals surface area (Å²) in [7, 11) is 0. The number of aromatic hydroxyl groups is 1.